The van der Waals surface area contributed by atoms with Crippen LogP contribution in [0.15, 0.2) is 16.4 Å². The standard InChI is InChI=1S/C12H13BrN6O4S2/c1-18-12(15-16-17-18)25-4-5-3-24-10-7(14-6(20)2-13)9(21)19(10)8(5)11(22)23/h7,10H,2-4H2,1H3,(H,14,20)(H,22,23)/t7?,10-/m0/s1. The van der Waals surface area contributed by atoms with E-state index in [1.807, 2.05) is 0 Å². The maximum Gasteiger partial charge on any atom is 0.352 e. The van der Waals surface area contributed by atoms with Crippen molar-refractivity contribution in [1.82, 2.24) is 30.4 Å². The van der Waals surface area contributed by atoms with Crippen molar-refractivity contribution in [3.05, 3.63) is 11.3 Å². The van der Waals surface area contributed by atoms with E-state index in [-0.39, 0.29) is 16.9 Å². The predicted octanol–water partition coefficient (Wildman–Crippen LogP) is -0.564. The van der Waals surface area contributed by atoms with Crippen LogP contribution in [0.1, 0.15) is 0 Å². The second-order valence-electron chi connectivity index (χ2n) is 5.22. The van der Waals surface area contributed by atoms with Gasteiger partial charge in [0.15, 0.2) is 0 Å². The van der Waals surface area contributed by atoms with Gasteiger partial charge in [-0.15, -0.1) is 16.9 Å². The average Bonchev–Trinajstić information content (AvgIpc) is 3.01. The SMILES string of the molecule is Cn1nnnc1SCC1=C(C(=O)O)N2C(=O)C(NC(=O)CBr)[C@@H]2SC1. The maximum absolute atomic E-state index is 12.3. The van der Waals surface area contributed by atoms with E-state index < -0.39 is 23.3 Å². The van der Waals surface area contributed by atoms with Crippen LogP contribution in [0.4, 0.5) is 0 Å². The van der Waals surface area contributed by atoms with Crippen LogP contribution in [-0.2, 0) is 21.4 Å². The molecule has 134 valence electrons. The number of aromatic nitrogens is 4. The molecule has 1 saturated heterocycles. The number of hydrogen-bond acceptors (Lipinski definition) is 8. The summed E-state index contributed by atoms with van der Waals surface area (Å²) in [7, 11) is 1.69. The molecule has 13 heteroatoms. The van der Waals surface area contributed by atoms with Gasteiger partial charge >= 0.3 is 5.97 Å². The number of thioether (sulfide) groups is 2. The molecule has 0 spiro atoms. The van der Waals surface area contributed by atoms with E-state index in [0.717, 1.165) is 0 Å². The zero-order valence-corrected chi connectivity index (χ0v) is 16.1. The number of nitrogens with one attached hydrogen (secondary N) is 1. The monoisotopic (exact) mass is 448 g/mol. The molecule has 1 aromatic heterocycles. The van der Waals surface area contributed by atoms with Crippen molar-refractivity contribution in [2.45, 2.75) is 16.6 Å². The number of carboxylic acids is 1. The van der Waals surface area contributed by atoms with Gasteiger partial charge < -0.3 is 10.4 Å². The molecule has 0 radical (unpaired) electrons. The summed E-state index contributed by atoms with van der Waals surface area (Å²) in [6.07, 6.45) is 0. The largest absolute Gasteiger partial charge is 0.477 e. The fourth-order valence-electron chi connectivity index (χ4n) is 2.50. The van der Waals surface area contributed by atoms with E-state index in [9.17, 15) is 19.5 Å². The van der Waals surface area contributed by atoms with Crippen LogP contribution in [0.25, 0.3) is 0 Å². The highest BCUT2D eigenvalue weighted by atomic mass is 79.9. The van der Waals surface area contributed by atoms with Crippen molar-refractivity contribution in [3.63, 3.8) is 0 Å². The fourth-order valence-corrected chi connectivity index (χ4v) is 5.00. The molecule has 2 N–H and O–H groups in total. The molecule has 1 fully saturated rings. The lowest BCUT2D eigenvalue weighted by Gasteiger charge is -2.49. The topological polar surface area (TPSA) is 130 Å². The minimum atomic E-state index is -1.16. The van der Waals surface area contributed by atoms with E-state index >= 15 is 0 Å². The molecule has 10 nitrogen and oxygen atoms in total. The van der Waals surface area contributed by atoms with Gasteiger partial charge in [-0.3, -0.25) is 14.5 Å². The summed E-state index contributed by atoms with van der Waals surface area (Å²) < 4.78 is 1.49. The van der Waals surface area contributed by atoms with Gasteiger partial charge in [0, 0.05) is 18.6 Å². The number of rotatable bonds is 6. The lowest BCUT2D eigenvalue weighted by molar-refractivity contribution is -0.150. The van der Waals surface area contributed by atoms with Gasteiger partial charge in [-0.25, -0.2) is 9.48 Å². The molecule has 1 aromatic rings. The molecular weight excluding hydrogens is 436 g/mol. The van der Waals surface area contributed by atoms with Crippen molar-refractivity contribution in [2.75, 3.05) is 16.8 Å². The van der Waals surface area contributed by atoms with Gasteiger partial charge in [-0.05, 0) is 16.0 Å². The normalized spacial score (nSPS) is 22.5. The van der Waals surface area contributed by atoms with Gasteiger partial charge in [-0.2, -0.15) is 0 Å². The fraction of sp³-hybridized carbons (Fsp3) is 0.500. The molecular formula is C12H13BrN6O4S2. The zero-order chi connectivity index (χ0) is 18.1. The summed E-state index contributed by atoms with van der Waals surface area (Å²) in [6, 6.07) is -0.693. The minimum Gasteiger partial charge on any atom is -0.477 e. The third-order valence-electron chi connectivity index (χ3n) is 3.64. The number of halogens is 1. The molecule has 0 bridgehead atoms. The third-order valence-corrected chi connectivity index (χ3v) is 6.59. The molecule has 2 aliphatic rings. The summed E-state index contributed by atoms with van der Waals surface area (Å²) in [6.45, 7) is 0. The summed E-state index contributed by atoms with van der Waals surface area (Å²) >= 11 is 5.76. The Kier molecular flexibility index (Phi) is 5.34. The molecule has 2 aliphatic heterocycles. The molecule has 3 heterocycles. The number of tetrazole rings is 1. The van der Waals surface area contributed by atoms with Crippen molar-refractivity contribution < 1.29 is 19.5 Å². The number of hydrogen-bond donors (Lipinski definition) is 2. The van der Waals surface area contributed by atoms with Crippen LogP contribution in [0.3, 0.4) is 0 Å². The maximum atomic E-state index is 12.3. The molecule has 3 rings (SSSR count). The number of carbonyl (C=O) groups excluding carboxylic acids is 2. The quantitative estimate of drug-likeness (QED) is 0.333. The molecule has 0 saturated carbocycles. The zero-order valence-electron chi connectivity index (χ0n) is 12.9. The van der Waals surface area contributed by atoms with Crippen molar-refractivity contribution in [1.29, 1.82) is 0 Å². The Balaban J connectivity index is 1.77. The van der Waals surface area contributed by atoms with Crippen molar-refractivity contribution >= 4 is 57.2 Å². The third kappa shape index (κ3) is 3.40. The van der Waals surface area contributed by atoms with Crippen molar-refractivity contribution in [2.24, 2.45) is 7.05 Å². The van der Waals surface area contributed by atoms with Crippen LogP contribution in [0.2, 0.25) is 0 Å². The highest BCUT2D eigenvalue weighted by molar-refractivity contribution is 9.09. The second-order valence-corrected chi connectivity index (χ2v) is 7.83. The second kappa shape index (κ2) is 7.33. The number of carboxylic acid groups (broad SMARTS) is 1. The molecule has 25 heavy (non-hydrogen) atoms. The number of fused-ring (bicyclic) bond motifs is 1. The van der Waals surface area contributed by atoms with Gasteiger partial charge in [0.25, 0.3) is 5.91 Å². The summed E-state index contributed by atoms with van der Waals surface area (Å²) in [4.78, 5) is 36.8. The van der Waals surface area contributed by atoms with Gasteiger partial charge in [0.2, 0.25) is 11.1 Å². The number of nitrogens with zero attached hydrogens (tertiary/aromatic N) is 5. The highest BCUT2D eigenvalue weighted by Crippen LogP contribution is 2.41. The first-order valence-electron chi connectivity index (χ1n) is 7.04. The van der Waals surface area contributed by atoms with E-state index in [0.29, 0.717) is 22.2 Å². The summed E-state index contributed by atoms with van der Waals surface area (Å²) in [5.74, 6) is -1.06. The molecule has 0 aromatic carbocycles. The van der Waals surface area contributed by atoms with Crippen LogP contribution < -0.4 is 5.32 Å². The summed E-state index contributed by atoms with van der Waals surface area (Å²) in [5, 5.41) is 23.5. The van der Waals surface area contributed by atoms with Crippen LogP contribution >= 0.6 is 39.5 Å². The van der Waals surface area contributed by atoms with E-state index in [4.69, 9.17) is 0 Å². The lowest BCUT2D eigenvalue weighted by atomic mass is 10.0. The predicted molar refractivity (Wildman–Crippen MR) is 93.0 cm³/mol. The Morgan fingerprint density at radius 3 is 2.88 bits per heavy atom. The molecule has 2 atom stereocenters. The van der Waals surface area contributed by atoms with Crippen molar-refractivity contribution in [3.8, 4) is 0 Å². The minimum absolute atomic E-state index is 0.0132. The van der Waals surface area contributed by atoms with Gasteiger partial charge in [0.05, 0.1) is 5.33 Å². The first-order valence-corrected chi connectivity index (χ1v) is 10.2. The van der Waals surface area contributed by atoms with E-state index in [1.165, 1.54) is 33.1 Å². The Morgan fingerprint density at radius 2 is 2.28 bits per heavy atom. The number of β-lactam (4-membered cyclic amide) rings is 1. The Morgan fingerprint density at radius 1 is 1.52 bits per heavy atom. The highest BCUT2D eigenvalue weighted by Gasteiger charge is 2.54. The lowest BCUT2D eigenvalue weighted by Crippen LogP contribution is -2.70. The molecule has 2 amide bonds. The summed E-state index contributed by atoms with van der Waals surface area (Å²) in [5.41, 5.74) is 0.612. The number of aryl methyl sites for hydroxylation is 1. The number of amides is 2. The van der Waals surface area contributed by atoms with E-state index in [2.05, 4.69) is 36.8 Å². The van der Waals surface area contributed by atoms with Crippen LogP contribution in [0.5, 0.6) is 0 Å². The smallest absolute Gasteiger partial charge is 0.352 e. The Hall–Kier alpha value is -1.60. The van der Waals surface area contributed by atoms with E-state index in [1.54, 1.807) is 7.05 Å². The molecule has 1 unspecified atom stereocenters. The average molecular weight is 449 g/mol. The molecule has 0 aliphatic carbocycles. The first kappa shape index (κ1) is 18.2. The number of carbonyl (C=O) groups is 3. The Labute approximate surface area is 158 Å². The van der Waals surface area contributed by atoms with Crippen LogP contribution in [-0.4, -0.2) is 76.2 Å². The van der Waals surface area contributed by atoms with Gasteiger partial charge in [0.1, 0.15) is 17.1 Å². The van der Waals surface area contributed by atoms with Crippen LogP contribution in [0, 0.1) is 0 Å². The first-order chi connectivity index (χ1) is 11.9. The Bertz CT molecular complexity index is 769. The number of alkyl halides is 1. The van der Waals surface area contributed by atoms with Gasteiger partial charge in [-0.1, -0.05) is 27.7 Å². The number of aliphatic carboxylic acids is 1.